The summed E-state index contributed by atoms with van der Waals surface area (Å²) in [5.41, 5.74) is 0. The van der Waals surface area contributed by atoms with E-state index in [0.717, 1.165) is 0 Å². The van der Waals surface area contributed by atoms with Gasteiger partial charge < -0.3 is 26.0 Å². The molecule has 0 aliphatic heterocycles. The van der Waals surface area contributed by atoms with E-state index < -0.39 is 0 Å². The van der Waals surface area contributed by atoms with E-state index in [1.165, 1.54) is 0 Å². The second-order valence-corrected chi connectivity index (χ2v) is 0.471. The Bertz CT molecular complexity index is 18.8. The Hall–Kier alpha value is 0.363. The van der Waals surface area contributed by atoms with Crippen molar-refractivity contribution in [2.45, 2.75) is 0 Å². The summed E-state index contributed by atoms with van der Waals surface area (Å²) in [6.45, 7) is 6.72. The Balaban J connectivity index is 0. The minimum absolute atomic E-state index is 0. The van der Waals surface area contributed by atoms with Crippen LogP contribution >= 0.6 is 0 Å². The maximum atomic E-state index is 3.36. The fourth-order valence-corrected chi connectivity index (χ4v) is 0. The van der Waals surface area contributed by atoms with Gasteiger partial charge in [0.2, 0.25) is 0 Å². The van der Waals surface area contributed by atoms with Crippen molar-refractivity contribution in [2.24, 2.45) is 0 Å². The molecule has 5 heavy (non-hydrogen) atoms. The first-order valence-electron chi connectivity index (χ1n) is 1.15. The molecule has 1 heteroatoms. The SMILES string of the molecule is [CH2-]/C=C\[CH2-].[Zr+2]. The maximum Gasteiger partial charge on any atom is 2.00 e. The number of allylic oxidation sites excluding steroid dienone is 2. The normalized spacial score (nSPS) is 7.20. The van der Waals surface area contributed by atoms with Gasteiger partial charge in [0, 0.05) is 0 Å². The molecular formula is C4H6Zr. The average Bonchev–Trinajstić information content (AvgIpc) is 1.37. The fourth-order valence-electron chi connectivity index (χ4n) is 0. The van der Waals surface area contributed by atoms with Crippen molar-refractivity contribution in [3.05, 3.63) is 26.0 Å². The molecule has 0 saturated heterocycles. The van der Waals surface area contributed by atoms with Crippen LogP contribution in [0.4, 0.5) is 0 Å². The van der Waals surface area contributed by atoms with Crippen LogP contribution in [0.25, 0.3) is 0 Å². The summed E-state index contributed by atoms with van der Waals surface area (Å²) in [4.78, 5) is 0. The molecule has 0 atom stereocenters. The molecule has 0 fully saturated rings. The molecule has 0 radical (unpaired) electrons. The fraction of sp³-hybridized carbons (Fsp3) is 0. The molecule has 0 aromatic carbocycles. The molecule has 0 heterocycles. The van der Waals surface area contributed by atoms with Gasteiger partial charge in [-0.25, -0.2) is 0 Å². The molecule has 0 bridgehead atoms. The molecular weight excluding hydrogens is 139 g/mol. The molecule has 0 N–H and O–H groups in total. The van der Waals surface area contributed by atoms with E-state index in [1.54, 1.807) is 12.2 Å². The van der Waals surface area contributed by atoms with E-state index in [9.17, 15) is 0 Å². The van der Waals surface area contributed by atoms with Crippen LogP contribution in [0.1, 0.15) is 0 Å². The van der Waals surface area contributed by atoms with Gasteiger partial charge in [-0.3, -0.25) is 0 Å². The van der Waals surface area contributed by atoms with Crippen LogP contribution in [-0.4, -0.2) is 0 Å². The molecule has 0 spiro atoms. The van der Waals surface area contributed by atoms with Crippen molar-refractivity contribution in [1.82, 2.24) is 0 Å². The summed E-state index contributed by atoms with van der Waals surface area (Å²) in [5.74, 6) is 0. The van der Waals surface area contributed by atoms with Crippen LogP contribution in [0.3, 0.4) is 0 Å². The van der Waals surface area contributed by atoms with Gasteiger partial charge in [-0.15, -0.1) is 0 Å². The number of hydrogen-bond donors (Lipinski definition) is 0. The van der Waals surface area contributed by atoms with Gasteiger partial charge in [0.15, 0.2) is 0 Å². The average molecular weight is 145 g/mol. The van der Waals surface area contributed by atoms with Gasteiger partial charge in [0.05, 0.1) is 0 Å². The Morgan fingerprint density at radius 3 is 1.20 bits per heavy atom. The number of hydrogen-bond acceptors (Lipinski definition) is 0. The second-order valence-electron chi connectivity index (χ2n) is 0.471. The predicted molar refractivity (Wildman–Crippen MR) is 19.9 cm³/mol. The molecule has 26 valence electrons. The zero-order chi connectivity index (χ0) is 3.41. The first kappa shape index (κ1) is 9.03. The zero-order valence-corrected chi connectivity index (χ0v) is 5.53. The van der Waals surface area contributed by atoms with Crippen LogP contribution in [0.15, 0.2) is 12.2 Å². The summed E-state index contributed by atoms with van der Waals surface area (Å²) in [7, 11) is 0. The smallest absolute Gasteiger partial charge is 0.382 e. The standard InChI is InChI=1S/C4H6.Zr/c1-3-4-2;/h3-4H,1-2H2;/q-2;+2/b4-3-;. The molecule has 0 aromatic heterocycles. The monoisotopic (exact) mass is 144 g/mol. The summed E-state index contributed by atoms with van der Waals surface area (Å²) in [5, 5.41) is 0. The molecule has 0 aliphatic carbocycles. The van der Waals surface area contributed by atoms with Crippen molar-refractivity contribution in [1.29, 1.82) is 0 Å². The molecule has 0 unspecified atom stereocenters. The van der Waals surface area contributed by atoms with Gasteiger partial charge in [-0.2, -0.15) is 0 Å². The first-order chi connectivity index (χ1) is 1.91. The Morgan fingerprint density at radius 1 is 1.00 bits per heavy atom. The Labute approximate surface area is 52.4 Å². The summed E-state index contributed by atoms with van der Waals surface area (Å²) in [6, 6.07) is 0. The first-order valence-corrected chi connectivity index (χ1v) is 1.15. The third-order valence-corrected chi connectivity index (χ3v) is 0.167. The molecule has 0 aliphatic rings. The predicted octanol–water partition coefficient (Wildman–Crippen LogP) is 1.21. The van der Waals surface area contributed by atoms with Crippen molar-refractivity contribution in [3.63, 3.8) is 0 Å². The summed E-state index contributed by atoms with van der Waals surface area (Å²) < 4.78 is 0. The van der Waals surface area contributed by atoms with E-state index in [1.807, 2.05) is 0 Å². The van der Waals surface area contributed by atoms with Crippen LogP contribution in [-0.2, 0) is 26.2 Å². The van der Waals surface area contributed by atoms with Gasteiger partial charge in [0.1, 0.15) is 0 Å². The maximum absolute atomic E-state index is 3.36. The van der Waals surface area contributed by atoms with E-state index >= 15 is 0 Å². The van der Waals surface area contributed by atoms with E-state index in [0.29, 0.717) is 0 Å². The van der Waals surface area contributed by atoms with Gasteiger partial charge >= 0.3 is 26.2 Å². The Morgan fingerprint density at radius 2 is 1.20 bits per heavy atom. The van der Waals surface area contributed by atoms with Crippen molar-refractivity contribution < 1.29 is 26.2 Å². The minimum atomic E-state index is 0. The van der Waals surface area contributed by atoms with E-state index in [-0.39, 0.29) is 26.2 Å². The molecule has 0 aromatic rings. The summed E-state index contributed by atoms with van der Waals surface area (Å²) >= 11 is 0. The van der Waals surface area contributed by atoms with Crippen LogP contribution < -0.4 is 0 Å². The number of rotatable bonds is 0. The molecule has 0 amide bonds. The minimum Gasteiger partial charge on any atom is -0.382 e. The van der Waals surface area contributed by atoms with Crippen LogP contribution in [0.2, 0.25) is 0 Å². The third-order valence-electron chi connectivity index (χ3n) is 0.167. The van der Waals surface area contributed by atoms with Gasteiger partial charge in [0.25, 0.3) is 0 Å². The van der Waals surface area contributed by atoms with E-state index in [4.69, 9.17) is 0 Å². The van der Waals surface area contributed by atoms with Crippen LogP contribution in [0, 0.1) is 13.8 Å². The topological polar surface area (TPSA) is 0 Å². The Kier molecular flexibility index (Phi) is 16.0. The van der Waals surface area contributed by atoms with Gasteiger partial charge in [-0.05, 0) is 0 Å². The van der Waals surface area contributed by atoms with Gasteiger partial charge in [-0.1, -0.05) is 0 Å². The molecule has 0 nitrogen and oxygen atoms in total. The zero-order valence-electron chi connectivity index (χ0n) is 3.07. The quantitative estimate of drug-likeness (QED) is 0.449. The molecule has 0 saturated carbocycles. The second kappa shape index (κ2) is 8.84. The summed E-state index contributed by atoms with van der Waals surface area (Å²) in [6.07, 6.45) is 3.28. The largest absolute Gasteiger partial charge is 2.00 e. The van der Waals surface area contributed by atoms with E-state index in [2.05, 4.69) is 13.8 Å². The molecule has 0 rings (SSSR count). The van der Waals surface area contributed by atoms with Crippen molar-refractivity contribution >= 4 is 0 Å². The third kappa shape index (κ3) is 13.1. The van der Waals surface area contributed by atoms with Crippen molar-refractivity contribution in [3.8, 4) is 0 Å². The van der Waals surface area contributed by atoms with Crippen LogP contribution in [0.5, 0.6) is 0 Å². The van der Waals surface area contributed by atoms with Crippen molar-refractivity contribution in [2.75, 3.05) is 0 Å².